The highest BCUT2D eigenvalue weighted by atomic mass is 19.1. The van der Waals surface area contributed by atoms with Crippen LogP contribution >= 0.6 is 0 Å². The zero-order chi connectivity index (χ0) is 18.5. The Morgan fingerprint density at radius 2 is 2.04 bits per heavy atom. The number of anilines is 1. The number of rotatable bonds is 6. The van der Waals surface area contributed by atoms with E-state index in [1.165, 1.54) is 17.0 Å². The fourth-order valence-electron chi connectivity index (χ4n) is 2.66. The molecule has 3 rings (SSSR count). The van der Waals surface area contributed by atoms with Crippen LogP contribution in [-0.4, -0.2) is 38.7 Å². The van der Waals surface area contributed by atoms with Crippen LogP contribution in [0.1, 0.15) is 15.9 Å². The Balaban J connectivity index is 1.84. The predicted molar refractivity (Wildman–Crippen MR) is 93.7 cm³/mol. The van der Waals surface area contributed by atoms with Gasteiger partial charge in [-0.05, 0) is 35.9 Å². The van der Waals surface area contributed by atoms with Crippen LogP contribution < -0.4 is 15.0 Å². The Labute approximate surface area is 150 Å². The van der Waals surface area contributed by atoms with Crippen molar-refractivity contribution < 1.29 is 23.5 Å². The molecule has 0 aromatic heterocycles. The van der Waals surface area contributed by atoms with Gasteiger partial charge in [-0.3, -0.25) is 9.59 Å². The summed E-state index contributed by atoms with van der Waals surface area (Å²) in [5.74, 6) is -0.291. The number of methoxy groups -OCH3 is 1. The Hall–Kier alpha value is -2.93. The third-order valence-corrected chi connectivity index (χ3v) is 4.01. The van der Waals surface area contributed by atoms with Crippen molar-refractivity contribution in [3.63, 3.8) is 0 Å². The molecular weight excluding hydrogens is 339 g/mol. The number of halogens is 1. The topological polar surface area (TPSA) is 67.9 Å². The van der Waals surface area contributed by atoms with Crippen molar-refractivity contribution in [3.8, 4) is 5.75 Å². The maximum absolute atomic E-state index is 13.1. The highest BCUT2D eigenvalue weighted by Crippen LogP contribution is 2.34. The van der Waals surface area contributed by atoms with E-state index < -0.39 is 0 Å². The first kappa shape index (κ1) is 17.9. The first-order valence-corrected chi connectivity index (χ1v) is 8.17. The van der Waals surface area contributed by atoms with Crippen molar-refractivity contribution in [3.05, 3.63) is 59.4 Å². The molecule has 2 amide bonds. The Morgan fingerprint density at radius 1 is 1.27 bits per heavy atom. The molecule has 0 atom stereocenters. The zero-order valence-electron chi connectivity index (χ0n) is 14.3. The molecule has 0 saturated heterocycles. The Kier molecular flexibility index (Phi) is 5.48. The minimum Gasteiger partial charge on any atom is -0.482 e. The molecule has 1 aliphatic rings. The summed E-state index contributed by atoms with van der Waals surface area (Å²) < 4.78 is 23.5. The number of fused-ring (bicyclic) bond motifs is 1. The second-order valence-corrected chi connectivity index (χ2v) is 5.83. The van der Waals surface area contributed by atoms with Gasteiger partial charge in [-0.25, -0.2) is 4.39 Å². The van der Waals surface area contributed by atoms with E-state index in [9.17, 15) is 14.0 Å². The predicted octanol–water partition coefficient (Wildman–Crippen LogP) is 2.13. The molecule has 1 heterocycles. The summed E-state index contributed by atoms with van der Waals surface area (Å²) >= 11 is 0. The van der Waals surface area contributed by atoms with Gasteiger partial charge in [0.25, 0.3) is 11.8 Å². The van der Waals surface area contributed by atoms with Crippen LogP contribution in [0.5, 0.6) is 5.75 Å². The van der Waals surface area contributed by atoms with Crippen molar-refractivity contribution in [2.24, 2.45) is 0 Å². The van der Waals surface area contributed by atoms with Gasteiger partial charge in [-0.1, -0.05) is 12.1 Å². The largest absolute Gasteiger partial charge is 0.482 e. The van der Waals surface area contributed by atoms with E-state index in [2.05, 4.69) is 5.32 Å². The second kappa shape index (κ2) is 7.97. The minimum atomic E-state index is -0.336. The van der Waals surface area contributed by atoms with Gasteiger partial charge in [-0.2, -0.15) is 0 Å². The highest BCUT2D eigenvalue weighted by Gasteiger charge is 2.26. The number of nitrogens with zero attached hydrogens (tertiary/aromatic N) is 1. The van der Waals surface area contributed by atoms with Gasteiger partial charge in [0.1, 0.15) is 11.6 Å². The molecule has 0 spiro atoms. The summed E-state index contributed by atoms with van der Waals surface area (Å²) in [5, 5.41) is 2.74. The number of hydrogen-bond acceptors (Lipinski definition) is 4. The molecule has 6 nitrogen and oxygen atoms in total. The molecule has 0 unspecified atom stereocenters. The smallest absolute Gasteiger partial charge is 0.265 e. The van der Waals surface area contributed by atoms with Gasteiger partial charge < -0.3 is 19.7 Å². The molecule has 1 aliphatic heterocycles. The molecule has 0 bridgehead atoms. The van der Waals surface area contributed by atoms with Gasteiger partial charge in [0.05, 0.1) is 18.8 Å². The molecule has 26 heavy (non-hydrogen) atoms. The van der Waals surface area contributed by atoms with Crippen LogP contribution in [-0.2, 0) is 16.1 Å². The lowest BCUT2D eigenvalue weighted by atomic mass is 10.1. The summed E-state index contributed by atoms with van der Waals surface area (Å²) in [5.41, 5.74) is 1.72. The average molecular weight is 358 g/mol. The molecule has 0 aliphatic carbocycles. The lowest BCUT2D eigenvalue weighted by molar-refractivity contribution is -0.121. The van der Waals surface area contributed by atoms with Gasteiger partial charge >= 0.3 is 0 Å². The summed E-state index contributed by atoms with van der Waals surface area (Å²) in [6.45, 7) is 0.994. The van der Waals surface area contributed by atoms with Crippen LogP contribution in [0.15, 0.2) is 42.5 Å². The van der Waals surface area contributed by atoms with Crippen LogP contribution in [0.2, 0.25) is 0 Å². The quantitative estimate of drug-likeness (QED) is 0.804. The highest BCUT2D eigenvalue weighted by molar-refractivity contribution is 6.01. The molecule has 2 aromatic carbocycles. The van der Waals surface area contributed by atoms with Crippen LogP contribution in [0, 0.1) is 5.82 Å². The molecular formula is C19H19FN2O4. The van der Waals surface area contributed by atoms with Gasteiger partial charge in [0, 0.05) is 19.2 Å². The number of ether oxygens (including phenoxy) is 2. The van der Waals surface area contributed by atoms with Crippen LogP contribution in [0.4, 0.5) is 10.1 Å². The number of amides is 2. The third kappa shape index (κ3) is 4.00. The van der Waals surface area contributed by atoms with E-state index >= 15 is 0 Å². The van der Waals surface area contributed by atoms with Gasteiger partial charge in [0.15, 0.2) is 6.61 Å². The maximum Gasteiger partial charge on any atom is 0.265 e. The first-order chi connectivity index (χ1) is 12.6. The van der Waals surface area contributed by atoms with E-state index in [1.54, 1.807) is 37.4 Å². The molecule has 1 N–H and O–H groups in total. The molecule has 2 aromatic rings. The molecule has 0 saturated carbocycles. The van der Waals surface area contributed by atoms with Crippen molar-refractivity contribution in [2.75, 3.05) is 31.8 Å². The van der Waals surface area contributed by atoms with Crippen molar-refractivity contribution >= 4 is 17.5 Å². The second-order valence-electron chi connectivity index (χ2n) is 5.83. The van der Waals surface area contributed by atoms with Crippen molar-refractivity contribution in [1.29, 1.82) is 0 Å². The SMILES string of the molecule is COCCNC(=O)c1ccc2c(c1)N(Cc1ccc(F)cc1)C(=O)CO2. The zero-order valence-corrected chi connectivity index (χ0v) is 14.3. The summed E-state index contributed by atoms with van der Waals surface area (Å²) in [6, 6.07) is 10.9. The van der Waals surface area contributed by atoms with E-state index in [0.717, 1.165) is 5.56 Å². The lowest BCUT2D eigenvalue weighted by Gasteiger charge is -2.29. The maximum atomic E-state index is 13.1. The van der Waals surface area contributed by atoms with E-state index in [-0.39, 0.29) is 30.8 Å². The van der Waals surface area contributed by atoms with Gasteiger partial charge in [-0.15, -0.1) is 0 Å². The van der Waals surface area contributed by atoms with Crippen molar-refractivity contribution in [2.45, 2.75) is 6.54 Å². The summed E-state index contributed by atoms with van der Waals surface area (Å²) in [6.07, 6.45) is 0. The summed E-state index contributed by atoms with van der Waals surface area (Å²) in [7, 11) is 1.56. The summed E-state index contributed by atoms with van der Waals surface area (Å²) in [4.78, 5) is 26.1. The Bertz CT molecular complexity index is 808. The van der Waals surface area contributed by atoms with Crippen molar-refractivity contribution in [1.82, 2.24) is 5.32 Å². The third-order valence-electron chi connectivity index (χ3n) is 4.01. The fourth-order valence-corrected chi connectivity index (χ4v) is 2.66. The van der Waals surface area contributed by atoms with Crippen LogP contribution in [0.25, 0.3) is 0 Å². The lowest BCUT2D eigenvalue weighted by Crippen LogP contribution is -2.38. The Morgan fingerprint density at radius 3 is 2.77 bits per heavy atom. The van der Waals surface area contributed by atoms with E-state index in [4.69, 9.17) is 9.47 Å². The van der Waals surface area contributed by atoms with E-state index in [1.807, 2.05) is 0 Å². The average Bonchev–Trinajstić information content (AvgIpc) is 2.65. The minimum absolute atomic E-state index is 0.0758. The van der Waals surface area contributed by atoms with E-state index in [0.29, 0.717) is 30.2 Å². The molecule has 136 valence electrons. The molecule has 0 fully saturated rings. The number of nitrogens with one attached hydrogen (secondary N) is 1. The fraction of sp³-hybridized carbons (Fsp3) is 0.263. The normalized spacial score (nSPS) is 13.2. The molecule has 0 radical (unpaired) electrons. The molecule has 7 heteroatoms. The number of hydrogen-bond donors (Lipinski definition) is 1. The standard InChI is InChI=1S/C19H19FN2O4/c1-25-9-8-21-19(24)14-4-7-17-16(10-14)22(18(23)12-26-17)11-13-2-5-15(20)6-3-13/h2-7,10H,8-9,11-12H2,1H3,(H,21,24). The number of carbonyl (C=O) groups excluding carboxylic acids is 2. The number of benzene rings is 2. The first-order valence-electron chi connectivity index (χ1n) is 8.17. The van der Waals surface area contributed by atoms with Gasteiger partial charge in [0.2, 0.25) is 0 Å². The monoisotopic (exact) mass is 358 g/mol. The number of carbonyl (C=O) groups is 2. The van der Waals surface area contributed by atoms with Crippen LogP contribution in [0.3, 0.4) is 0 Å².